The summed E-state index contributed by atoms with van der Waals surface area (Å²) in [7, 11) is 0. The van der Waals surface area contributed by atoms with Gasteiger partial charge in [-0.2, -0.15) is 0 Å². The van der Waals surface area contributed by atoms with Crippen LogP contribution in [0.1, 0.15) is 33.4 Å². The van der Waals surface area contributed by atoms with Crippen molar-refractivity contribution in [1.82, 2.24) is 0 Å². The zero-order valence-electron chi connectivity index (χ0n) is 38.8. The van der Waals surface area contributed by atoms with Crippen LogP contribution in [0.15, 0.2) is 267 Å². The van der Waals surface area contributed by atoms with E-state index in [-0.39, 0.29) is 0 Å². The van der Waals surface area contributed by atoms with Crippen LogP contribution in [0.4, 0.5) is 34.1 Å². The number of anilines is 6. The lowest BCUT2D eigenvalue weighted by Crippen LogP contribution is -2.29. The van der Waals surface area contributed by atoms with Gasteiger partial charge in [0.1, 0.15) is 0 Å². The molecule has 0 fully saturated rings. The van der Waals surface area contributed by atoms with E-state index in [9.17, 15) is 0 Å². The normalized spacial score (nSPS) is 12.3. The number of fused-ring (bicyclic) bond motifs is 5. The number of nitrogens with zero attached hydrogens (tertiary/aromatic N) is 2. The number of rotatable bonds is 10. The van der Waals surface area contributed by atoms with Crippen molar-refractivity contribution in [3.63, 3.8) is 0 Å². The van der Waals surface area contributed by atoms with E-state index >= 15 is 0 Å². The molecule has 0 aliphatic heterocycles. The Balaban J connectivity index is 1.20. The van der Waals surface area contributed by atoms with Gasteiger partial charge in [0.05, 0.1) is 11.1 Å². The van der Waals surface area contributed by atoms with Gasteiger partial charge in [0.2, 0.25) is 0 Å². The third-order valence-electron chi connectivity index (χ3n) is 14.2. The van der Waals surface area contributed by atoms with Crippen molar-refractivity contribution in [2.45, 2.75) is 19.3 Å². The Labute approximate surface area is 405 Å². The summed E-state index contributed by atoms with van der Waals surface area (Å²) in [6, 6.07) is 98.3. The molecule has 2 heteroatoms. The molecule has 11 aromatic carbocycles. The molecule has 328 valence electrons. The second-order valence-electron chi connectivity index (χ2n) is 18.2. The van der Waals surface area contributed by atoms with Gasteiger partial charge in [-0.1, -0.05) is 200 Å². The van der Waals surface area contributed by atoms with Crippen molar-refractivity contribution in [2.24, 2.45) is 0 Å². The minimum absolute atomic E-state index is 0.755. The van der Waals surface area contributed by atoms with E-state index in [2.05, 4.69) is 291 Å². The van der Waals surface area contributed by atoms with Crippen LogP contribution >= 0.6 is 0 Å². The first kappa shape index (κ1) is 41.7. The van der Waals surface area contributed by atoms with Gasteiger partial charge in [0.15, 0.2) is 0 Å². The third-order valence-corrected chi connectivity index (χ3v) is 14.2. The van der Waals surface area contributed by atoms with Gasteiger partial charge in [-0.25, -0.2) is 0 Å². The van der Waals surface area contributed by atoms with Crippen LogP contribution in [0.25, 0.3) is 44.2 Å². The van der Waals surface area contributed by atoms with Crippen LogP contribution in [0.2, 0.25) is 0 Å². The number of hydrogen-bond acceptors (Lipinski definition) is 2. The lowest BCUT2D eigenvalue weighted by Gasteiger charge is -2.36. The summed E-state index contributed by atoms with van der Waals surface area (Å²) in [5.74, 6) is 0. The molecule has 0 unspecified atom stereocenters. The second kappa shape index (κ2) is 17.5. The predicted octanol–water partition coefficient (Wildman–Crippen LogP) is 18.1. The molecule has 0 spiro atoms. The van der Waals surface area contributed by atoms with E-state index in [1.807, 2.05) is 0 Å². The van der Waals surface area contributed by atoms with Crippen molar-refractivity contribution in [3.05, 3.63) is 300 Å². The van der Waals surface area contributed by atoms with Crippen molar-refractivity contribution >= 4 is 44.9 Å². The van der Waals surface area contributed by atoms with Crippen LogP contribution in [-0.4, -0.2) is 0 Å². The molecule has 0 amide bonds. The summed E-state index contributed by atoms with van der Waals surface area (Å²) in [5.41, 5.74) is 20.6. The van der Waals surface area contributed by atoms with E-state index in [4.69, 9.17) is 0 Å². The fourth-order valence-corrected chi connectivity index (χ4v) is 10.8. The van der Waals surface area contributed by atoms with E-state index < -0.39 is 5.41 Å². The van der Waals surface area contributed by atoms with Gasteiger partial charge >= 0.3 is 0 Å². The topological polar surface area (TPSA) is 6.48 Å². The highest BCUT2D eigenvalue weighted by atomic mass is 15.1. The fourth-order valence-electron chi connectivity index (χ4n) is 10.8. The smallest absolute Gasteiger partial charge is 0.0715 e. The molecule has 0 aromatic heterocycles. The Morgan fingerprint density at radius 2 is 0.710 bits per heavy atom. The Morgan fingerprint density at radius 1 is 0.290 bits per heavy atom. The summed E-state index contributed by atoms with van der Waals surface area (Å²) in [5, 5.41) is 2.41. The van der Waals surface area contributed by atoms with Crippen LogP contribution in [0.5, 0.6) is 0 Å². The van der Waals surface area contributed by atoms with Crippen molar-refractivity contribution < 1.29 is 0 Å². The number of para-hydroxylation sites is 3. The minimum Gasteiger partial charge on any atom is -0.310 e. The first-order valence-electron chi connectivity index (χ1n) is 23.9. The van der Waals surface area contributed by atoms with E-state index in [0.717, 1.165) is 34.1 Å². The van der Waals surface area contributed by atoms with Crippen molar-refractivity contribution in [3.8, 4) is 33.4 Å². The average Bonchev–Trinajstić information content (AvgIpc) is 3.71. The molecule has 0 heterocycles. The summed E-state index contributed by atoms with van der Waals surface area (Å²) < 4.78 is 0. The fraction of sp³-hybridized carbons (Fsp3) is 0.0448. The zero-order valence-corrected chi connectivity index (χ0v) is 38.8. The molecular weight excluding hydrogens is 833 g/mol. The SMILES string of the molecule is Cc1ccc(N(c2ccccc2)c2ccc3c(c2)C(c2ccc(-c4ccccc4)cc2)(c2ccc(-c4ccccc4)cc2)c2cc(N(c4ccccc4)c4ccccc4)c4ccccc4c2-3)cc1C. The highest BCUT2D eigenvalue weighted by molar-refractivity contribution is 6.11. The van der Waals surface area contributed by atoms with Gasteiger partial charge in [-0.05, 0) is 153 Å². The van der Waals surface area contributed by atoms with E-state index in [1.54, 1.807) is 0 Å². The van der Waals surface area contributed by atoms with Crippen LogP contribution in [-0.2, 0) is 5.41 Å². The first-order valence-corrected chi connectivity index (χ1v) is 23.9. The van der Waals surface area contributed by atoms with Gasteiger partial charge < -0.3 is 9.80 Å². The Morgan fingerprint density at radius 3 is 1.22 bits per heavy atom. The van der Waals surface area contributed by atoms with Crippen LogP contribution < -0.4 is 9.80 Å². The molecule has 69 heavy (non-hydrogen) atoms. The van der Waals surface area contributed by atoms with Gasteiger partial charge in [-0.3, -0.25) is 0 Å². The molecule has 0 N–H and O–H groups in total. The van der Waals surface area contributed by atoms with E-state index in [1.165, 1.54) is 77.5 Å². The monoisotopic (exact) mass is 882 g/mol. The molecule has 1 aliphatic carbocycles. The summed E-state index contributed by atoms with van der Waals surface area (Å²) >= 11 is 0. The molecular formula is C67H50N2. The largest absolute Gasteiger partial charge is 0.310 e. The van der Waals surface area contributed by atoms with Crippen LogP contribution in [0.3, 0.4) is 0 Å². The first-order chi connectivity index (χ1) is 34.1. The zero-order chi connectivity index (χ0) is 46.3. The molecule has 0 radical (unpaired) electrons. The Bertz CT molecular complexity index is 3470. The molecule has 0 bridgehead atoms. The van der Waals surface area contributed by atoms with Crippen LogP contribution in [0, 0.1) is 13.8 Å². The molecule has 12 rings (SSSR count). The summed E-state index contributed by atoms with van der Waals surface area (Å²) in [6.07, 6.45) is 0. The lowest BCUT2D eigenvalue weighted by molar-refractivity contribution is 0.769. The molecule has 0 atom stereocenters. The van der Waals surface area contributed by atoms with Gasteiger partial charge in [0.25, 0.3) is 0 Å². The van der Waals surface area contributed by atoms with Crippen molar-refractivity contribution in [2.75, 3.05) is 9.80 Å². The van der Waals surface area contributed by atoms with Gasteiger partial charge in [0, 0.05) is 33.8 Å². The molecule has 2 nitrogen and oxygen atoms in total. The Hall–Kier alpha value is -8.72. The maximum Gasteiger partial charge on any atom is 0.0715 e. The third kappa shape index (κ3) is 7.21. The summed E-state index contributed by atoms with van der Waals surface area (Å²) in [4.78, 5) is 4.86. The number of benzene rings is 11. The highest BCUT2D eigenvalue weighted by Gasteiger charge is 2.48. The predicted molar refractivity (Wildman–Crippen MR) is 291 cm³/mol. The standard InChI is InChI=1S/C67H50N2/c1-47-32-41-58(44-48(47)2)68(55-24-12-5-13-25-55)59-42-43-62-63(45-59)67(53-37-33-51(34-38-53)49-20-8-3-9-21-49,54-39-35-52(36-40-54)50-22-10-4-11-23-50)64-46-65(60-30-18-19-31-61(60)66(62)64)69(56-26-14-6-15-27-56)57-28-16-7-17-29-57/h3-46H,1-2H3. The Kier molecular flexibility index (Phi) is 10.6. The molecule has 1 aliphatic rings. The highest BCUT2D eigenvalue weighted by Crippen LogP contribution is 2.61. The molecule has 0 saturated carbocycles. The molecule has 11 aromatic rings. The number of hydrogen-bond donors (Lipinski definition) is 0. The maximum atomic E-state index is 2.52. The maximum absolute atomic E-state index is 2.52. The lowest BCUT2D eigenvalue weighted by atomic mass is 9.67. The molecule has 0 saturated heterocycles. The van der Waals surface area contributed by atoms with E-state index in [0.29, 0.717) is 0 Å². The van der Waals surface area contributed by atoms with Crippen molar-refractivity contribution in [1.29, 1.82) is 0 Å². The average molecular weight is 883 g/mol. The minimum atomic E-state index is -0.755. The number of aryl methyl sites for hydroxylation is 2. The summed E-state index contributed by atoms with van der Waals surface area (Å²) in [6.45, 7) is 4.40. The quantitative estimate of drug-likeness (QED) is 0.135. The van der Waals surface area contributed by atoms with Gasteiger partial charge in [-0.15, -0.1) is 0 Å². The second-order valence-corrected chi connectivity index (χ2v) is 18.2.